The summed E-state index contributed by atoms with van der Waals surface area (Å²) >= 11 is 3.50. The minimum Gasteiger partial charge on any atom is -0.368 e. The van der Waals surface area contributed by atoms with Gasteiger partial charge < -0.3 is 4.90 Å². The second-order valence-corrected chi connectivity index (χ2v) is 6.22. The van der Waals surface area contributed by atoms with Gasteiger partial charge in [-0.05, 0) is 59.8 Å². The Balaban J connectivity index is 2.29. The van der Waals surface area contributed by atoms with Crippen molar-refractivity contribution >= 4 is 27.4 Å². The van der Waals surface area contributed by atoms with Gasteiger partial charge in [-0.1, -0.05) is 13.8 Å². The van der Waals surface area contributed by atoms with Crippen molar-refractivity contribution in [2.45, 2.75) is 39.7 Å². The summed E-state index contributed by atoms with van der Waals surface area (Å²) in [6.07, 6.45) is 2.53. The number of carbonyl (C=O) groups excluding carboxylic acids is 1. The quantitative estimate of drug-likeness (QED) is 0.777. The van der Waals surface area contributed by atoms with E-state index in [1.54, 1.807) is 6.92 Å². The highest BCUT2D eigenvalue weighted by Crippen LogP contribution is 2.32. The van der Waals surface area contributed by atoms with E-state index in [0.717, 1.165) is 16.6 Å². The van der Waals surface area contributed by atoms with Gasteiger partial charge >= 0.3 is 0 Å². The second kappa shape index (κ2) is 5.43. The van der Waals surface area contributed by atoms with Gasteiger partial charge in [0.2, 0.25) is 0 Å². The lowest BCUT2D eigenvalue weighted by Crippen LogP contribution is -2.33. The molecule has 0 radical (unpaired) electrons. The molecule has 1 aliphatic heterocycles. The zero-order valence-corrected chi connectivity index (χ0v) is 12.8. The number of anilines is 1. The SMILES string of the molecule is CC(=O)c1ccc(N2CCCC2C(C)C)cc1Br. The van der Waals surface area contributed by atoms with Gasteiger partial charge in [0.15, 0.2) is 5.78 Å². The zero-order valence-electron chi connectivity index (χ0n) is 11.2. The van der Waals surface area contributed by atoms with E-state index in [1.165, 1.54) is 18.5 Å². The van der Waals surface area contributed by atoms with Gasteiger partial charge in [-0.2, -0.15) is 0 Å². The molecule has 18 heavy (non-hydrogen) atoms. The van der Waals surface area contributed by atoms with E-state index < -0.39 is 0 Å². The third-order valence-corrected chi connectivity index (χ3v) is 4.39. The van der Waals surface area contributed by atoms with Crippen LogP contribution in [0.15, 0.2) is 22.7 Å². The van der Waals surface area contributed by atoms with Crippen molar-refractivity contribution in [2.75, 3.05) is 11.4 Å². The van der Waals surface area contributed by atoms with Gasteiger partial charge in [-0.25, -0.2) is 0 Å². The Kier molecular flexibility index (Phi) is 4.10. The Hall–Kier alpha value is -0.830. The molecule has 98 valence electrons. The average Bonchev–Trinajstić information content (AvgIpc) is 2.77. The van der Waals surface area contributed by atoms with Crippen LogP contribution in [0.25, 0.3) is 0 Å². The molecule has 1 unspecified atom stereocenters. The molecule has 0 amide bonds. The minimum absolute atomic E-state index is 0.107. The number of hydrogen-bond acceptors (Lipinski definition) is 2. The molecule has 0 aromatic heterocycles. The summed E-state index contributed by atoms with van der Waals surface area (Å²) in [5.41, 5.74) is 1.99. The predicted molar refractivity (Wildman–Crippen MR) is 79.4 cm³/mol. The molecule has 1 saturated heterocycles. The second-order valence-electron chi connectivity index (χ2n) is 5.37. The van der Waals surface area contributed by atoms with Crippen molar-refractivity contribution in [3.63, 3.8) is 0 Å². The molecule has 0 bridgehead atoms. The van der Waals surface area contributed by atoms with Crippen LogP contribution in [0.2, 0.25) is 0 Å². The molecule has 1 aliphatic rings. The van der Waals surface area contributed by atoms with Crippen LogP contribution in [0.1, 0.15) is 44.0 Å². The van der Waals surface area contributed by atoms with Crippen molar-refractivity contribution in [3.05, 3.63) is 28.2 Å². The fourth-order valence-corrected chi connectivity index (χ4v) is 3.42. The van der Waals surface area contributed by atoms with E-state index in [1.807, 2.05) is 6.07 Å². The maximum absolute atomic E-state index is 11.4. The van der Waals surface area contributed by atoms with Crippen molar-refractivity contribution in [1.29, 1.82) is 0 Å². The maximum Gasteiger partial charge on any atom is 0.160 e. The first-order valence-electron chi connectivity index (χ1n) is 6.58. The lowest BCUT2D eigenvalue weighted by Gasteiger charge is -2.30. The van der Waals surface area contributed by atoms with Crippen molar-refractivity contribution < 1.29 is 4.79 Å². The Labute approximate surface area is 117 Å². The molecule has 0 N–H and O–H groups in total. The minimum atomic E-state index is 0.107. The summed E-state index contributed by atoms with van der Waals surface area (Å²) in [6.45, 7) is 7.28. The fraction of sp³-hybridized carbons (Fsp3) is 0.533. The van der Waals surface area contributed by atoms with Crippen molar-refractivity contribution in [3.8, 4) is 0 Å². The zero-order chi connectivity index (χ0) is 13.3. The molecule has 0 saturated carbocycles. The fourth-order valence-electron chi connectivity index (χ4n) is 2.77. The third kappa shape index (κ3) is 2.61. The maximum atomic E-state index is 11.4. The first-order valence-corrected chi connectivity index (χ1v) is 7.37. The Bertz CT molecular complexity index is 456. The van der Waals surface area contributed by atoms with Crippen LogP contribution in [-0.2, 0) is 0 Å². The van der Waals surface area contributed by atoms with Gasteiger partial charge in [-0.3, -0.25) is 4.79 Å². The lowest BCUT2D eigenvalue weighted by atomic mass is 10.0. The summed E-state index contributed by atoms with van der Waals surface area (Å²) < 4.78 is 0.905. The monoisotopic (exact) mass is 309 g/mol. The van der Waals surface area contributed by atoms with E-state index in [-0.39, 0.29) is 5.78 Å². The van der Waals surface area contributed by atoms with Gasteiger partial charge in [0.25, 0.3) is 0 Å². The van der Waals surface area contributed by atoms with Crippen LogP contribution in [0.5, 0.6) is 0 Å². The van der Waals surface area contributed by atoms with Crippen molar-refractivity contribution in [1.82, 2.24) is 0 Å². The molecule has 0 aliphatic carbocycles. The normalized spacial score (nSPS) is 19.6. The average molecular weight is 310 g/mol. The van der Waals surface area contributed by atoms with E-state index in [2.05, 4.69) is 46.8 Å². The highest BCUT2D eigenvalue weighted by Gasteiger charge is 2.27. The smallest absolute Gasteiger partial charge is 0.160 e. The number of halogens is 1. The predicted octanol–water partition coefficient (Wildman–Crippen LogP) is 4.28. The molecular formula is C15H20BrNO. The Morgan fingerprint density at radius 3 is 2.72 bits per heavy atom. The van der Waals surface area contributed by atoms with Crippen LogP contribution >= 0.6 is 15.9 Å². The summed E-state index contributed by atoms with van der Waals surface area (Å²) in [6, 6.07) is 6.71. The van der Waals surface area contributed by atoms with Crippen molar-refractivity contribution in [2.24, 2.45) is 5.92 Å². The lowest BCUT2D eigenvalue weighted by molar-refractivity contribution is 0.101. The molecule has 3 heteroatoms. The molecule has 1 heterocycles. The topological polar surface area (TPSA) is 20.3 Å². The number of nitrogens with zero attached hydrogens (tertiary/aromatic N) is 1. The third-order valence-electron chi connectivity index (χ3n) is 3.73. The van der Waals surface area contributed by atoms with E-state index in [0.29, 0.717) is 12.0 Å². The standard InChI is InChI=1S/C15H20BrNO/c1-10(2)15-5-4-8-17(15)12-6-7-13(11(3)18)14(16)9-12/h6-7,9-10,15H,4-5,8H2,1-3H3. The van der Waals surface area contributed by atoms with E-state index >= 15 is 0 Å². The van der Waals surface area contributed by atoms with Crippen LogP contribution in [0, 0.1) is 5.92 Å². The van der Waals surface area contributed by atoms with Crippen LogP contribution < -0.4 is 4.90 Å². The number of carbonyl (C=O) groups is 1. The van der Waals surface area contributed by atoms with E-state index in [4.69, 9.17) is 0 Å². The molecule has 1 aromatic carbocycles. The molecule has 1 aromatic rings. The van der Waals surface area contributed by atoms with Gasteiger partial charge in [0, 0.05) is 28.3 Å². The largest absolute Gasteiger partial charge is 0.368 e. The number of ketones is 1. The summed E-state index contributed by atoms with van der Waals surface area (Å²) in [4.78, 5) is 13.9. The van der Waals surface area contributed by atoms with Crippen LogP contribution in [0.3, 0.4) is 0 Å². The Morgan fingerprint density at radius 2 is 2.17 bits per heavy atom. The highest BCUT2D eigenvalue weighted by molar-refractivity contribution is 9.10. The first kappa shape index (κ1) is 13.6. The molecule has 1 fully saturated rings. The van der Waals surface area contributed by atoms with Gasteiger partial charge in [0.1, 0.15) is 0 Å². The van der Waals surface area contributed by atoms with Crippen LogP contribution in [0.4, 0.5) is 5.69 Å². The van der Waals surface area contributed by atoms with Crippen LogP contribution in [-0.4, -0.2) is 18.4 Å². The number of rotatable bonds is 3. The molecular weight excluding hydrogens is 290 g/mol. The molecule has 0 spiro atoms. The number of benzene rings is 1. The Morgan fingerprint density at radius 1 is 1.44 bits per heavy atom. The van der Waals surface area contributed by atoms with Gasteiger partial charge in [-0.15, -0.1) is 0 Å². The first-order chi connectivity index (χ1) is 8.50. The van der Waals surface area contributed by atoms with E-state index in [9.17, 15) is 4.79 Å². The van der Waals surface area contributed by atoms with Gasteiger partial charge in [0.05, 0.1) is 0 Å². The number of Topliss-reactive ketones (excluding diaryl/α,β-unsaturated/α-hetero) is 1. The summed E-state index contributed by atoms with van der Waals surface area (Å²) in [7, 11) is 0. The molecule has 2 nitrogen and oxygen atoms in total. The highest BCUT2D eigenvalue weighted by atomic mass is 79.9. The summed E-state index contributed by atoms with van der Waals surface area (Å²) in [5, 5.41) is 0. The number of hydrogen-bond donors (Lipinski definition) is 0. The molecule has 1 atom stereocenters. The summed E-state index contributed by atoms with van der Waals surface area (Å²) in [5.74, 6) is 0.772. The molecule has 2 rings (SSSR count).